The molecule has 0 saturated carbocycles. The standard InChI is InChI=1S/C18H19ClN4O3/c19-17-11-15(23(25)26)1-2-16(17)18(24)21-12-13-5-9-22(10-6-13)14-3-7-20-8-4-14/h1-4,7-8,11,13H,5-6,9-10,12H2,(H,21,24). The average molecular weight is 375 g/mol. The summed E-state index contributed by atoms with van der Waals surface area (Å²) in [5, 5.41) is 13.7. The third kappa shape index (κ3) is 4.29. The van der Waals surface area contributed by atoms with Gasteiger partial charge in [0.1, 0.15) is 0 Å². The number of nitrogens with one attached hydrogen (secondary N) is 1. The summed E-state index contributed by atoms with van der Waals surface area (Å²) in [4.78, 5) is 28.8. The minimum atomic E-state index is -0.538. The van der Waals surface area contributed by atoms with E-state index in [1.807, 2.05) is 12.1 Å². The van der Waals surface area contributed by atoms with E-state index in [1.165, 1.54) is 23.9 Å². The largest absolute Gasteiger partial charge is 0.371 e. The van der Waals surface area contributed by atoms with Crippen molar-refractivity contribution in [2.75, 3.05) is 24.5 Å². The quantitative estimate of drug-likeness (QED) is 0.640. The van der Waals surface area contributed by atoms with Gasteiger partial charge in [0.05, 0.1) is 15.5 Å². The normalized spacial score (nSPS) is 14.9. The zero-order valence-corrected chi connectivity index (χ0v) is 14.9. The Bertz CT molecular complexity index is 792. The van der Waals surface area contributed by atoms with E-state index in [0.717, 1.165) is 25.9 Å². The van der Waals surface area contributed by atoms with Crippen LogP contribution in [0.4, 0.5) is 11.4 Å². The van der Waals surface area contributed by atoms with Crippen LogP contribution >= 0.6 is 11.6 Å². The Morgan fingerprint density at radius 1 is 1.27 bits per heavy atom. The minimum absolute atomic E-state index is 0.0872. The highest BCUT2D eigenvalue weighted by atomic mass is 35.5. The van der Waals surface area contributed by atoms with Crippen LogP contribution in [0.2, 0.25) is 5.02 Å². The maximum atomic E-state index is 12.3. The molecule has 2 aromatic rings. The molecule has 136 valence electrons. The number of benzene rings is 1. The molecule has 3 rings (SSSR count). The lowest BCUT2D eigenvalue weighted by Gasteiger charge is -2.33. The van der Waals surface area contributed by atoms with E-state index in [9.17, 15) is 14.9 Å². The van der Waals surface area contributed by atoms with Crippen molar-refractivity contribution in [3.63, 3.8) is 0 Å². The fraction of sp³-hybridized carbons (Fsp3) is 0.333. The number of piperidine rings is 1. The van der Waals surface area contributed by atoms with Crippen molar-refractivity contribution in [1.82, 2.24) is 10.3 Å². The number of hydrogen-bond acceptors (Lipinski definition) is 5. The molecule has 0 radical (unpaired) electrons. The lowest BCUT2D eigenvalue weighted by molar-refractivity contribution is -0.384. The van der Waals surface area contributed by atoms with E-state index in [2.05, 4.69) is 15.2 Å². The highest BCUT2D eigenvalue weighted by Gasteiger charge is 2.21. The molecule has 1 aromatic heterocycles. The van der Waals surface area contributed by atoms with Gasteiger partial charge in [0.15, 0.2) is 0 Å². The Hall–Kier alpha value is -2.67. The van der Waals surface area contributed by atoms with Crippen LogP contribution in [0.25, 0.3) is 0 Å². The second kappa shape index (κ2) is 8.14. The van der Waals surface area contributed by atoms with Gasteiger partial charge >= 0.3 is 0 Å². The molecular weight excluding hydrogens is 356 g/mol. The summed E-state index contributed by atoms with van der Waals surface area (Å²) in [6.07, 6.45) is 5.54. The molecule has 1 fully saturated rings. The number of pyridine rings is 1. The summed E-state index contributed by atoms with van der Waals surface area (Å²) in [6.45, 7) is 2.43. The number of nitro benzene ring substituents is 1. The van der Waals surface area contributed by atoms with E-state index in [4.69, 9.17) is 11.6 Å². The maximum Gasteiger partial charge on any atom is 0.270 e. The number of aromatic nitrogens is 1. The number of non-ortho nitro benzene ring substituents is 1. The van der Waals surface area contributed by atoms with Gasteiger partial charge in [0.2, 0.25) is 0 Å². The Morgan fingerprint density at radius 2 is 1.96 bits per heavy atom. The molecular formula is C18H19ClN4O3. The average Bonchev–Trinajstić information content (AvgIpc) is 2.67. The summed E-state index contributed by atoms with van der Waals surface area (Å²) < 4.78 is 0. The van der Waals surface area contributed by atoms with Gasteiger partial charge in [-0.25, -0.2) is 0 Å². The van der Waals surface area contributed by atoms with E-state index in [1.54, 1.807) is 12.4 Å². The predicted molar refractivity (Wildman–Crippen MR) is 99.6 cm³/mol. The van der Waals surface area contributed by atoms with E-state index < -0.39 is 4.92 Å². The van der Waals surface area contributed by atoms with Crippen LogP contribution in [-0.2, 0) is 0 Å². The summed E-state index contributed by atoms with van der Waals surface area (Å²) in [7, 11) is 0. The van der Waals surface area contributed by atoms with Crippen molar-refractivity contribution in [1.29, 1.82) is 0 Å². The monoisotopic (exact) mass is 374 g/mol. The lowest BCUT2D eigenvalue weighted by atomic mass is 9.96. The number of hydrogen-bond donors (Lipinski definition) is 1. The molecule has 0 bridgehead atoms. The summed E-state index contributed by atoms with van der Waals surface area (Å²) in [5.41, 5.74) is 1.29. The molecule has 0 unspecified atom stereocenters. The molecule has 0 spiro atoms. The van der Waals surface area contributed by atoms with Crippen molar-refractivity contribution in [3.8, 4) is 0 Å². The molecule has 1 aromatic carbocycles. The Balaban J connectivity index is 1.51. The van der Waals surface area contributed by atoms with Crippen molar-refractivity contribution >= 4 is 28.9 Å². The summed E-state index contributed by atoms with van der Waals surface area (Å²) >= 11 is 6.00. The van der Waals surface area contributed by atoms with Crippen molar-refractivity contribution in [2.45, 2.75) is 12.8 Å². The summed E-state index contributed by atoms with van der Waals surface area (Å²) in [6, 6.07) is 7.87. The molecule has 1 N–H and O–H groups in total. The number of nitro groups is 1. The molecule has 1 saturated heterocycles. The number of amides is 1. The van der Waals surface area contributed by atoms with Gasteiger partial charge in [-0.05, 0) is 37.0 Å². The maximum absolute atomic E-state index is 12.3. The van der Waals surface area contributed by atoms with Crippen LogP contribution in [0, 0.1) is 16.0 Å². The zero-order valence-electron chi connectivity index (χ0n) is 14.1. The van der Waals surface area contributed by atoms with Crippen LogP contribution in [-0.4, -0.2) is 35.4 Å². The number of carbonyl (C=O) groups excluding carboxylic acids is 1. The molecule has 2 heterocycles. The SMILES string of the molecule is O=C(NCC1CCN(c2ccncc2)CC1)c1ccc([N+](=O)[O-])cc1Cl. The van der Waals surface area contributed by atoms with Crippen molar-refractivity contribution in [3.05, 3.63) is 63.4 Å². The van der Waals surface area contributed by atoms with Crippen LogP contribution in [0.15, 0.2) is 42.7 Å². The van der Waals surface area contributed by atoms with E-state index >= 15 is 0 Å². The smallest absolute Gasteiger partial charge is 0.270 e. The van der Waals surface area contributed by atoms with Crippen molar-refractivity contribution < 1.29 is 9.72 Å². The van der Waals surface area contributed by atoms with E-state index in [-0.39, 0.29) is 22.2 Å². The molecule has 1 aliphatic heterocycles. The van der Waals surface area contributed by atoms with Gasteiger partial charge in [-0.3, -0.25) is 19.9 Å². The molecule has 26 heavy (non-hydrogen) atoms. The van der Waals surface area contributed by atoms with Gasteiger partial charge in [-0.1, -0.05) is 11.6 Å². The van der Waals surface area contributed by atoms with Gasteiger partial charge < -0.3 is 10.2 Å². The molecule has 7 nitrogen and oxygen atoms in total. The number of rotatable bonds is 5. The Morgan fingerprint density at radius 3 is 2.58 bits per heavy atom. The third-order valence-corrected chi connectivity index (χ3v) is 4.91. The zero-order chi connectivity index (χ0) is 18.5. The van der Waals surface area contributed by atoms with Crippen LogP contribution in [0.5, 0.6) is 0 Å². The number of halogens is 1. The second-order valence-electron chi connectivity index (χ2n) is 6.27. The molecule has 8 heteroatoms. The van der Waals surface area contributed by atoms with Gasteiger partial charge in [0, 0.05) is 49.8 Å². The Labute approximate surface area is 156 Å². The van der Waals surface area contributed by atoms with Crippen LogP contribution < -0.4 is 10.2 Å². The minimum Gasteiger partial charge on any atom is -0.371 e. The summed E-state index contributed by atoms with van der Waals surface area (Å²) in [5.74, 6) is 0.0929. The predicted octanol–water partition coefficient (Wildman–Crippen LogP) is 3.29. The van der Waals surface area contributed by atoms with E-state index in [0.29, 0.717) is 12.5 Å². The first-order chi connectivity index (χ1) is 12.5. The van der Waals surface area contributed by atoms with Crippen LogP contribution in [0.1, 0.15) is 23.2 Å². The number of carbonyl (C=O) groups is 1. The van der Waals surface area contributed by atoms with Gasteiger partial charge in [-0.2, -0.15) is 0 Å². The highest BCUT2D eigenvalue weighted by molar-refractivity contribution is 6.34. The third-order valence-electron chi connectivity index (χ3n) is 4.60. The molecule has 1 aliphatic rings. The van der Waals surface area contributed by atoms with Crippen molar-refractivity contribution in [2.24, 2.45) is 5.92 Å². The second-order valence-corrected chi connectivity index (χ2v) is 6.67. The van der Waals surface area contributed by atoms with Crippen LogP contribution in [0.3, 0.4) is 0 Å². The fourth-order valence-corrected chi connectivity index (χ4v) is 3.34. The number of nitrogens with zero attached hydrogens (tertiary/aromatic N) is 3. The Kier molecular flexibility index (Phi) is 5.68. The number of anilines is 1. The molecule has 0 atom stereocenters. The topological polar surface area (TPSA) is 88.4 Å². The lowest BCUT2D eigenvalue weighted by Crippen LogP contribution is -2.38. The highest BCUT2D eigenvalue weighted by Crippen LogP contribution is 2.24. The van der Waals surface area contributed by atoms with Gasteiger partial charge in [0.25, 0.3) is 11.6 Å². The first-order valence-corrected chi connectivity index (χ1v) is 8.79. The first kappa shape index (κ1) is 18.1. The first-order valence-electron chi connectivity index (χ1n) is 8.41. The molecule has 0 aliphatic carbocycles. The fourth-order valence-electron chi connectivity index (χ4n) is 3.08. The van der Waals surface area contributed by atoms with Gasteiger partial charge in [-0.15, -0.1) is 0 Å². The molecule has 1 amide bonds.